The molecular weight excluding hydrogens is 270 g/mol. The van der Waals surface area contributed by atoms with Gasteiger partial charge in [-0.1, -0.05) is 32.5 Å². The molecule has 0 saturated heterocycles. The van der Waals surface area contributed by atoms with Gasteiger partial charge in [0.25, 0.3) is 0 Å². The highest BCUT2D eigenvalue weighted by Crippen LogP contribution is 2.40. The molecule has 1 saturated carbocycles. The Labute approximate surface area is 126 Å². The van der Waals surface area contributed by atoms with Gasteiger partial charge in [0.05, 0.1) is 0 Å². The van der Waals surface area contributed by atoms with Gasteiger partial charge in [-0.2, -0.15) is 4.98 Å². The number of rotatable bonds is 4. The molecule has 0 spiro atoms. The first kappa shape index (κ1) is 15.4. The molecule has 1 aromatic rings. The van der Waals surface area contributed by atoms with Crippen LogP contribution in [-0.4, -0.2) is 29.4 Å². The Balaban J connectivity index is 2.12. The van der Waals surface area contributed by atoms with E-state index in [0.717, 1.165) is 23.8 Å². The SMILES string of the molecule is CNc1cc(OC2CC(C)CC(C)(C)C2)nc(SC)n1. The lowest BCUT2D eigenvalue weighted by Crippen LogP contribution is -2.34. The second-order valence-electron chi connectivity index (χ2n) is 6.48. The van der Waals surface area contributed by atoms with Crippen LogP contribution in [0.1, 0.15) is 40.0 Å². The summed E-state index contributed by atoms with van der Waals surface area (Å²) >= 11 is 1.53. The monoisotopic (exact) mass is 295 g/mol. The summed E-state index contributed by atoms with van der Waals surface area (Å²) in [6.45, 7) is 6.96. The van der Waals surface area contributed by atoms with E-state index in [0.29, 0.717) is 17.2 Å². The number of anilines is 1. The Morgan fingerprint density at radius 3 is 2.70 bits per heavy atom. The molecule has 2 unspecified atom stereocenters. The Kier molecular flexibility index (Phi) is 4.78. The molecular formula is C15H25N3OS. The van der Waals surface area contributed by atoms with Crippen molar-refractivity contribution >= 4 is 17.6 Å². The number of ether oxygens (including phenoxy) is 1. The van der Waals surface area contributed by atoms with Gasteiger partial charge >= 0.3 is 0 Å². The Hall–Kier alpha value is -0.970. The molecule has 1 fully saturated rings. The summed E-state index contributed by atoms with van der Waals surface area (Å²) < 4.78 is 6.14. The average Bonchev–Trinajstić information content (AvgIpc) is 2.35. The van der Waals surface area contributed by atoms with Crippen molar-refractivity contribution in [2.24, 2.45) is 11.3 Å². The van der Waals surface area contributed by atoms with E-state index in [2.05, 4.69) is 36.1 Å². The second-order valence-corrected chi connectivity index (χ2v) is 7.25. The predicted molar refractivity (Wildman–Crippen MR) is 84.6 cm³/mol. The first-order valence-corrected chi connectivity index (χ1v) is 8.42. The maximum absolute atomic E-state index is 6.14. The molecule has 1 aromatic heterocycles. The number of hydrogen-bond acceptors (Lipinski definition) is 5. The fraction of sp³-hybridized carbons (Fsp3) is 0.733. The predicted octanol–water partition coefficient (Wildman–Crippen LogP) is 3.83. The molecule has 4 nitrogen and oxygen atoms in total. The van der Waals surface area contributed by atoms with Crippen molar-refractivity contribution in [2.75, 3.05) is 18.6 Å². The third kappa shape index (κ3) is 4.01. The van der Waals surface area contributed by atoms with Crippen LogP contribution in [0, 0.1) is 11.3 Å². The molecule has 5 heteroatoms. The topological polar surface area (TPSA) is 47.0 Å². The molecule has 0 bridgehead atoms. The molecule has 112 valence electrons. The number of nitrogens with zero attached hydrogens (tertiary/aromatic N) is 2. The Morgan fingerprint density at radius 2 is 2.10 bits per heavy atom. The van der Waals surface area contributed by atoms with Crippen LogP contribution in [0.3, 0.4) is 0 Å². The van der Waals surface area contributed by atoms with E-state index in [9.17, 15) is 0 Å². The molecule has 20 heavy (non-hydrogen) atoms. The van der Waals surface area contributed by atoms with E-state index < -0.39 is 0 Å². The van der Waals surface area contributed by atoms with Crippen molar-refractivity contribution in [1.82, 2.24) is 9.97 Å². The van der Waals surface area contributed by atoms with E-state index in [1.165, 1.54) is 18.2 Å². The number of thioether (sulfide) groups is 1. The molecule has 1 N–H and O–H groups in total. The highest BCUT2D eigenvalue weighted by atomic mass is 32.2. The number of aromatic nitrogens is 2. The Morgan fingerprint density at radius 1 is 1.35 bits per heavy atom. The van der Waals surface area contributed by atoms with Crippen molar-refractivity contribution in [3.8, 4) is 5.88 Å². The third-order valence-electron chi connectivity index (χ3n) is 3.75. The van der Waals surface area contributed by atoms with Crippen molar-refractivity contribution in [1.29, 1.82) is 0 Å². The molecule has 0 radical (unpaired) electrons. The van der Waals surface area contributed by atoms with Gasteiger partial charge in [0.15, 0.2) is 5.16 Å². The van der Waals surface area contributed by atoms with Crippen molar-refractivity contribution in [3.63, 3.8) is 0 Å². The van der Waals surface area contributed by atoms with Crippen LogP contribution in [-0.2, 0) is 0 Å². The van der Waals surface area contributed by atoms with Crippen molar-refractivity contribution in [2.45, 2.75) is 51.3 Å². The minimum absolute atomic E-state index is 0.253. The minimum Gasteiger partial charge on any atom is -0.474 e. The summed E-state index contributed by atoms with van der Waals surface area (Å²) in [5, 5.41) is 3.81. The summed E-state index contributed by atoms with van der Waals surface area (Å²) in [7, 11) is 1.86. The summed E-state index contributed by atoms with van der Waals surface area (Å²) in [5.74, 6) is 2.19. The first-order chi connectivity index (χ1) is 9.41. The summed E-state index contributed by atoms with van der Waals surface area (Å²) in [4.78, 5) is 8.82. The number of nitrogens with one attached hydrogen (secondary N) is 1. The smallest absolute Gasteiger partial charge is 0.219 e. The van der Waals surface area contributed by atoms with E-state index in [1.807, 2.05) is 19.4 Å². The van der Waals surface area contributed by atoms with E-state index in [4.69, 9.17) is 4.74 Å². The molecule has 1 aliphatic rings. The quantitative estimate of drug-likeness (QED) is 0.675. The van der Waals surface area contributed by atoms with Crippen LogP contribution in [0.4, 0.5) is 5.82 Å². The highest BCUT2D eigenvalue weighted by Gasteiger charge is 2.33. The fourth-order valence-electron chi connectivity index (χ4n) is 3.20. The maximum Gasteiger partial charge on any atom is 0.219 e. The molecule has 0 aromatic carbocycles. The molecule has 2 rings (SSSR count). The lowest BCUT2D eigenvalue weighted by Gasteiger charge is -2.38. The van der Waals surface area contributed by atoms with E-state index in [1.54, 1.807) is 0 Å². The van der Waals surface area contributed by atoms with Gasteiger partial charge in [0.1, 0.15) is 11.9 Å². The van der Waals surface area contributed by atoms with Crippen molar-refractivity contribution in [3.05, 3.63) is 6.07 Å². The van der Waals surface area contributed by atoms with Crippen LogP contribution in [0.15, 0.2) is 11.2 Å². The van der Waals surface area contributed by atoms with Gasteiger partial charge in [-0.3, -0.25) is 0 Å². The Bertz CT molecular complexity index is 442. The third-order valence-corrected chi connectivity index (χ3v) is 4.30. The van der Waals surface area contributed by atoms with Crippen LogP contribution in [0.2, 0.25) is 0 Å². The van der Waals surface area contributed by atoms with Gasteiger partial charge in [-0.05, 0) is 36.9 Å². The van der Waals surface area contributed by atoms with E-state index in [-0.39, 0.29) is 6.10 Å². The molecule has 0 amide bonds. The zero-order valence-corrected chi connectivity index (χ0v) is 13.9. The second kappa shape index (κ2) is 6.20. The molecule has 0 aliphatic heterocycles. The zero-order chi connectivity index (χ0) is 14.8. The van der Waals surface area contributed by atoms with Crippen LogP contribution >= 0.6 is 11.8 Å². The van der Waals surface area contributed by atoms with Gasteiger partial charge in [0.2, 0.25) is 5.88 Å². The van der Waals surface area contributed by atoms with Crippen molar-refractivity contribution < 1.29 is 4.74 Å². The largest absolute Gasteiger partial charge is 0.474 e. The van der Waals surface area contributed by atoms with E-state index >= 15 is 0 Å². The maximum atomic E-state index is 6.14. The van der Waals surface area contributed by atoms with Gasteiger partial charge in [-0.25, -0.2) is 4.98 Å². The molecule has 1 aliphatic carbocycles. The summed E-state index contributed by atoms with van der Waals surface area (Å²) in [6, 6.07) is 1.88. The molecule has 2 atom stereocenters. The summed E-state index contributed by atoms with van der Waals surface area (Å²) in [6.07, 6.45) is 5.70. The van der Waals surface area contributed by atoms with Gasteiger partial charge in [-0.15, -0.1) is 0 Å². The lowest BCUT2D eigenvalue weighted by atomic mass is 9.71. The lowest BCUT2D eigenvalue weighted by molar-refractivity contribution is 0.0527. The van der Waals surface area contributed by atoms with Crippen LogP contribution in [0.5, 0.6) is 5.88 Å². The minimum atomic E-state index is 0.253. The number of hydrogen-bond donors (Lipinski definition) is 1. The van der Waals surface area contributed by atoms with Gasteiger partial charge < -0.3 is 10.1 Å². The molecule has 1 heterocycles. The zero-order valence-electron chi connectivity index (χ0n) is 13.1. The first-order valence-electron chi connectivity index (χ1n) is 7.19. The summed E-state index contributed by atoms with van der Waals surface area (Å²) in [5.41, 5.74) is 0.351. The average molecular weight is 295 g/mol. The van der Waals surface area contributed by atoms with Crippen LogP contribution < -0.4 is 10.1 Å². The normalized spacial score (nSPS) is 25.2. The fourth-order valence-corrected chi connectivity index (χ4v) is 3.57. The standard InChI is InChI=1S/C15H25N3OS/c1-10-6-11(9-15(2,3)8-10)19-13-7-12(16-4)17-14(18-13)20-5/h7,10-11H,6,8-9H2,1-5H3,(H,16,17,18). The van der Waals surface area contributed by atoms with Crippen LogP contribution in [0.25, 0.3) is 0 Å². The highest BCUT2D eigenvalue weighted by molar-refractivity contribution is 7.98. The van der Waals surface area contributed by atoms with Gasteiger partial charge in [0, 0.05) is 13.1 Å².